The van der Waals surface area contributed by atoms with Crippen LogP contribution in [0.1, 0.15) is 10.4 Å². The van der Waals surface area contributed by atoms with Gasteiger partial charge in [0, 0.05) is 24.3 Å². The van der Waals surface area contributed by atoms with Crippen LogP contribution in [0.5, 0.6) is 0 Å². The molecule has 108 valence electrons. The average Bonchev–Trinajstić information content (AvgIpc) is 2.48. The molecule has 0 spiro atoms. The number of nitrogens with zero attached hydrogens (tertiary/aromatic N) is 2. The molecule has 2 amide bonds. The first-order valence-electron chi connectivity index (χ1n) is 5.96. The highest BCUT2D eigenvalue weighted by molar-refractivity contribution is 9.10. The lowest BCUT2D eigenvalue weighted by molar-refractivity contribution is -0.130. The van der Waals surface area contributed by atoms with E-state index in [0.29, 0.717) is 17.6 Å². The van der Waals surface area contributed by atoms with E-state index in [0.717, 1.165) is 0 Å². The van der Waals surface area contributed by atoms with E-state index in [-0.39, 0.29) is 29.1 Å². The van der Waals surface area contributed by atoms with Crippen LogP contribution in [0.4, 0.5) is 0 Å². The molecule has 2 heterocycles. The van der Waals surface area contributed by atoms with Gasteiger partial charge in [0.25, 0.3) is 5.91 Å². The van der Waals surface area contributed by atoms with Gasteiger partial charge in [0.2, 0.25) is 5.91 Å². The Labute approximate surface area is 129 Å². The van der Waals surface area contributed by atoms with Gasteiger partial charge in [-0.15, -0.1) is 0 Å². The maximum Gasteiger partial charge on any atom is 0.257 e. The van der Waals surface area contributed by atoms with Crippen molar-refractivity contribution in [1.82, 2.24) is 15.2 Å². The molecular formula is C12H13BrClN3O3. The summed E-state index contributed by atoms with van der Waals surface area (Å²) in [5.41, 5.74) is 0.261. The number of pyridine rings is 1. The fourth-order valence-electron chi connectivity index (χ4n) is 1.96. The zero-order valence-electron chi connectivity index (χ0n) is 10.7. The second kappa shape index (κ2) is 6.51. The van der Waals surface area contributed by atoms with E-state index in [4.69, 9.17) is 16.3 Å². The molecule has 1 N–H and O–H groups in total. The van der Waals surface area contributed by atoms with Crippen LogP contribution < -0.4 is 5.32 Å². The number of rotatable bonds is 2. The second-order valence-electron chi connectivity index (χ2n) is 4.20. The molecule has 0 bridgehead atoms. The minimum absolute atomic E-state index is 0.111. The summed E-state index contributed by atoms with van der Waals surface area (Å²) in [5, 5.41) is 2.64. The van der Waals surface area contributed by atoms with E-state index in [1.807, 2.05) is 0 Å². The lowest BCUT2D eigenvalue weighted by Gasteiger charge is -2.34. The van der Waals surface area contributed by atoms with Gasteiger partial charge in [-0.05, 0) is 22.0 Å². The maximum atomic E-state index is 12.5. The quantitative estimate of drug-likeness (QED) is 0.799. The van der Waals surface area contributed by atoms with Gasteiger partial charge < -0.3 is 15.0 Å². The third kappa shape index (κ3) is 3.11. The van der Waals surface area contributed by atoms with E-state index < -0.39 is 6.04 Å². The molecule has 1 fully saturated rings. The first kappa shape index (κ1) is 15.2. The molecule has 20 heavy (non-hydrogen) atoms. The van der Waals surface area contributed by atoms with Gasteiger partial charge in [-0.1, -0.05) is 11.6 Å². The highest BCUT2D eigenvalue weighted by Crippen LogP contribution is 2.21. The number of halogens is 2. The van der Waals surface area contributed by atoms with Crippen molar-refractivity contribution >= 4 is 39.3 Å². The van der Waals surface area contributed by atoms with Gasteiger partial charge in [0.1, 0.15) is 11.2 Å². The number of amides is 2. The summed E-state index contributed by atoms with van der Waals surface area (Å²) in [4.78, 5) is 29.8. The molecule has 0 saturated carbocycles. The summed E-state index contributed by atoms with van der Waals surface area (Å²) in [6.45, 7) is 0.891. The summed E-state index contributed by atoms with van der Waals surface area (Å²) in [6, 6.07) is 0.935. The third-order valence-electron chi connectivity index (χ3n) is 2.97. The number of carbonyl (C=O) groups is 2. The zero-order valence-corrected chi connectivity index (χ0v) is 13.1. The van der Waals surface area contributed by atoms with Crippen LogP contribution in [0.3, 0.4) is 0 Å². The van der Waals surface area contributed by atoms with Crippen LogP contribution >= 0.6 is 27.5 Å². The van der Waals surface area contributed by atoms with Crippen molar-refractivity contribution in [2.75, 3.05) is 26.8 Å². The first-order valence-corrected chi connectivity index (χ1v) is 7.13. The molecule has 0 aromatic carbocycles. The maximum absolute atomic E-state index is 12.5. The molecule has 0 radical (unpaired) electrons. The highest BCUT2D eigenvalue weighted by Gasteiger charge is 2.33. The van der Waals surface area contributed by atoms with Gasteiger partial charge in [0.05, 0.1) is 18.8 Å². The minimum atomic E-state index is -0.656. The molecule has 8 heteroatoms. The van der Waals surface area contributed by atoms with E-state index in [9.17, 15) is 9.59 Å². The van der Waals surface area contributed by atoms with Crippen LogP contribution in [-0.4, -0.2) is 54.5 Å². The van der Waals surface area contributed by atoms with Crippen LogP contribution in [0, 0.1) is 0 Å². The van der Waals surface area contributed by atoms with Crippen molar-refractivity contribution in [3.8, 4) is 0 Å². The van der Waals surface area contributed by atoms with Gasteiger partial charge in [-0.3, -0.25) is 9.59 Å². The Morgan fingerprint density at radius 1 is 1.60 bits per heavy atom. The second-order valence-corrected chi connectivity index (χ2v) is 5.47. The first-order chi connectivity index (χ1) is 9.54. The third-order valence-corrected chi connectivity index (χ3v) is 3.71. The Balaban J connectivity index is 2.30. The summed E-state index contributed by atoms with van der Waals surface area (Å²) >= 11 is 9.21. The topological polar surface area (TPSA) is 71.5 Å². The lowest BCUT2D eigenvalue weighted by Crippen LogP contribution is -2.55. The number of likely N-dealkylation sites (N-methyl/N-ethyl adjacent to an activating group) is 1. The Morgan fingerprint density at radius 2 is 2.35 bits per heavy atom. The standard InChI is InChI=1S/C12H13BrClN3O3/c1-15-11(18)9-6-20-3-2-17(9)12(19)8-4-7(13)5-16-10(8)14/h4-5,9H,2-3,6H2,1H3,(H,15,18). The number of hydrogen-bond acceptors (Lipinski definition) is 4. The average molecular weight is 363 g/mol. The number of hydrogen-bond donors (Lipinski definition) is 1. The molecule has 1 aliphatic rings. The van der Waals surface area contributed by atoms with Crippen molar-refractivity contribution in [1.29, 1.82) is 0 Å². The molecular weight excluding hydrogens is 350 g/mol. The summed E-state index contributed by atoms with van der Waals surface area (Å²) in [5.74, 6) is -0.599. The monoisotopic (exact) mass is 361 g/mol. The van der Waals surface area contributed by atoms with Gasteiger partial charge in [-0.25, -0.2) is 4.98 Å². The number of ether oxygens (including phenoxy) is 1. The summed E-state index contributed by atoms with van der Waals surface area (Å²) in [7, 11) is 1.52. The van der Waals surface area contributed by atoms with Crippen molar-refractivity contribution < 1.29 is 14.3 Å². The SMILES string of the molecule is CNC(=O)C1COCCN1C(=O)c1cc(Br)cnc1Cl. The van der Waals surface area contributed by atoms with Crippen LogP contribution in [-0.2, 0) is 9.53 Å². The normalized spacial score (nSPS) is 18.8. The Bertz CT molecular complexity index is 541. The van der Waals surface area contributed by atoms with E-state index >= 15 is 0 Å². The largest absolute Gasteiger partial charge is 0.377 e. The number of morpholine rings is 1. The van der Waals surface area contributed by atoms with Crippen LogP contribution in [0.15, 0.2) is 16.7 Å². The molecule has 1 aromatic heterocycles. The van der Waals surface area contributed by atoms with Gasteiger partial charge in [0.15, 0.2) is 0 Å². The van der Waals surface area contributed by atoms with Crippen LogP contribution in [0.25, 0.3) is 0 Å². The molecule has 1 aromatic rings. The van der Waals surface area contributed by atoms with E-state index in [1.165, 1.54) is 18.1 Å². The van der Waals surface area contributed by atoms with Gasteiger partial charge in [-0.2, -0.15) is 0 Å². The molecule has 1 atom stereocenters. The van der Waals surface area contributed by atoms with Crippen molar-refractivity contribution in [2.45, 2.75) is 6.04 Å². The molecule has 1 unspecified atom stereocenters. The molecule has 2 rings (SSSR count). The molecule has 1 saturated heterocycles. The minimum Gasteiger partial charge on any atom is -0.377 e. The van der Waals surface area contributed by atoms with E-state index in [1.54, 1.807) is 6.07 Å². The Kier molecular flexibility index (Phi) is 4.95. The molecule has 1 aliphatic heterocycles. The van der Waals surface area contributed by atoms with Crippen molar-refractivity contribution in [3.63, 3.8) is 0 Å². The predicted octanol–water partition coefficient (Wildman–Crippen LogP) is 1.08. The Hall–Kier alpha value is -1.18. The highest BCUT2D eigenvalue weighted by atomic mass is 79.9. The fraction of sp³-hybridized carbons (Fsp3) is 0.417. The number of carbonyl (C=O) groups excluding carboxylic acids is 2. The predicted molar refractivity (Wildman–Crippen MR) is 76.7 cm³/mol. The van der Waals surface area contributed by atoms with E-state index in [2.05, 4.69) is 26.2 Å². The smallest absolute Gasteiger partial charge is 0.257 e. The van der Waals surface area contributed by atoms with Gasteiger partial charge >= 0.3 is 0 Å². The number of nitrogens with one attached hydrogen (secondary N) is 1. The molecule has 6 nitrogen and oxygen atoms in total. The van der Waals surface area contributed by atoms with Crippen molar-refractivity contribution in [2.24, 2.45) is 0 Å². The Morgan fingerprint density at radius 3 is 3.05 bits per heavy atom. The summed E-state index contributed by atoms with van der Waals surface area (Å²) in [6.07, 6.45) is 1.51. The number of aromatic nitrogens is 1. The molecule has 0 aliphatic carbocycles. The zero-order chi connectivity index (χ0) is 14.7. The fourth-order valence-corrected chi connectivity index (χ4v) is 2.47. The lowest BCUT2D eigenvalue weighted by atomic mass is 10.1. The summed E-state index contributed by atoms with van der Waals surface area (Å²) < 4.78 is 5.91. The van der Waals surface area contributed by atoms with Crippen LogP contribution in [0.2, 0.25) is 5.15 Å². The van der Waals surface area contributed by atoms with Crippen molar-refractivity contribution in [3.05, 3.63) is 27.5 Å².